The van der Waals surface area contributed by atoms with Crippen molar-refractivity contribution in [1.29, 1.82) is 0 Å². The van der Waals surface area contributed by atoms with Crippen LogP contribution in [0.1, 0.15) is 57.8 Å². The number of halogens is 1. The van der Waals surface area contributed by atoms with Crippen molar-refractivity contribution in [3.8, 4) is 0 Å². The van der Waals surface area contributed by atoms with Gasteiger partial charge in [0.15, 0.2) is 0 Å². The van der Waals surface area contributed by atoms with E-state index in [0.29, 0.717) is 0 Å². The average molecular weight is 286 g/mol. The zero-order valence-electron chi connectivity index (χ0n) is 10.1. The predicted molar refractivity (Wildman–Crippen MR) is 69.4 cm³/mol. The lowest BCUT2D eigenvalue weighted by Gasteiger charge is -2.37. The summed E-state index contributed by atoms with van der Waals surface area (Å²) in [7, 11) is 0. The first-order chi connectivity index (χ1) is 7.61. The van der Waals surface area contributed by atoms with Gasteiger partial charge in [-0.3, -0.25) is 0 Å². The Morgan fingerprint density at radius 1 is 1.38 bits per heavy atom. The zero-order chi connectivity index (χ0) is 11.6. The van der Waals surface area contributed by atoms with Crippen molar-refractivity contribution < 1.29 is 4.42 Å². The third kappa shape index (κ3) is 2.69. The van der Waals surface area contributed by atoms with Gasteiger partial charge in [0.1, 0.15) is 5.76 Å². The molecule has 0 saturated heterocycles. The van der Waals surface area contributed by atoms with E-state index < -0.39 is 0 Å². The van der Waals surface area contributed by atoms with E-state index in [9.17, 15) is 0 Å². The molecule has 1 aliphatic carbocycles. The highest BCUT2D eigenvalue weighted by atomic mass is 79.9. The predicted octanol–water partition coefficient (Wildman–Crippen LogP) is 4.42. The molecular weight excluding hydrogens is 266 g/mol. The first-order valence-electron chi connectivity index (χ1n) is 6.11. The van der Waals surface area contributed by atoms with Gasteiger partial charge in [0.25, 0.3) is 0 Å². The third-order valence-electron chi connectivity index (χ3n) is 3.56. The molecule has 0 aliphatic heterocycles. The monoisotopic (exact) mass is 285 g/mol. The lowest BCUT2D eigenvalue weighted by molar-refractivity contribution is 0.222. The highest BCUT2D eigenvalue weighted by Gasteiger charge is 2.29. The van der Waals surface area contributed by atoms with E-state index in [1.807, 2.05) is 6.07 Å². The molecule has 1 aromatic rings. The quantitative estimate of drug-likeness (QED) is 0.890. The zero-order valence-corrected chi connectivity index (χ0v) is 11.6. The van der Waals surface area contributed by atoms with E-state index in [0.717, 1.165) is 10.2 Å². The molecule has 1 saturated carbocycles. The average Bonchev–Trinajstić information content (AvgIpc) is 2.65. The highest BCUT2D eigenvalue weighted by molar-refractivity contribution is 9.10. The van der Waals surface area contributed by atoms with Crippen LogP contribution in [0, 0.1) is 0 Å². The molecule has 1 unspecified atom stereocenters. The van der Waals surface area contributed by atoms with Crippen molar-refractivity contribution in [3.63, 3.8) is 0 Å². The van der Waals surface area contributed by atoms with Crippen LogP contribution in [0.15, 0.2) is 21.2 Å². The third-order valence-corrected chi connectivity index (χ3v) is 4.22. The Hall–Kier alpha value is -0.280. The molecule has 0 spiro atoms. The lowest BCUT2D eigenvalue weighted by atomic mass is 9.83. The van der Waals surface area contributed by atoms with Gasteiger partial charge in [-0.25, -0.2) is 0 Å². The molecule has 3 heteroatoms. The maximum Gasteiger partial charge on any atom is 0.134 e. The maximum absolute atomic E-state index is 5.50. The molecule has 0 amide bonds. The first-order valence-corrected chi connectivity index (χ1v) is 6.91. The number of furan rings is 1. The molecule has 90 valence electrons. The van der Waals surface area contributed by atoms with Crippen molar-refractivity contribution in [2.75, 3.05) is 0 Å². The molecule has 1 aliphatic rings. The fraction of sp³-hybridized carbons (Fsp3) is 0.692. The molecule has 1 N–H and O–H groups in total. The fourth-order valence-corrected chi connectivity index (χ4v) is 3.22. The Balaban J connectivity index is 2.01. The van der Waals surface area contributed by atoms with Gasteiger partial charge in [-0.05, 0) is 48.7 Å². The van der Waals surface area contributed by atoms with Crippen LogP contribution in [0.5, 0.6) is 0 Å². The summed E-state index contributed by atoms with van der Waals surface area (Å²) in [5, 5.41) is 3.71. The molecule has 16 heavy (non-hydrogen) atoms. The molecular formula is C13H20BrNO. The van der Waals surface area contributed by atoms with Crippen LogP contribution in [-0.2, 0) is 0 Å². The summed E-state index contributed by atoms with van der Waals surface area (Å²) >= 11 is 3.52. The van der Waals surface area contributed by atoms with E-state index in [4.69, 9.17) is 4.42 Å². The standard InChI is InChI=1S/C13H20BrNO/c1-10(12-11(14)6-9-16-12)15-13(2)7-4-3-5-8-13/h6,9-10,15H,3-5,7-8H2,1-2H3. The Labute approximate surface area is 106 Å². The van der Waals surface area contributed by atoms with E-state index in [1.54, 1.807) is 6.26 Å². The normalized spacial score (nSPS) is 21.9. The topological polar surface area (TPSA) is 25.2 Å². The number of hydrogen-bond donors (Lipinski definition) is 1. The molecule has 1 aromatic heterocycles. The van der Waals surface area contributed by atoms with Gasteiger partial charge in [0.2, 0.25) is 0 Å². The Morgan fingerprint density at radius 2 is 2.06 bits per heavy atom. The van der Waals surface area contributed by atoms with Crippen molar-refractivity contribution in [2.24, 2.45) is 0 Å². The number of rotatable bonds is 3. The van der Waals surface area contributed by atoms with Crippen LogP contribution >= 0.6 is 15.9 Å². The van der Waals surface area contributed by atoms with Crippen molar-refractivity contribution in [2.45, 2.75) is 57.5 Å². The Kier molecular flexibility index (Phi) is 3.75. The van der Waals surface area contributed by atoms with Gasteiger partial charge in [-0.15, -0.1) is 0 Å². The van der Waals surface area contributed by atoms with Gasteiger partial charge in [0.05, 0.1) is 16.8 Å². The maximum atomic E-state index is 5.50. The van der Waals surface area contributed by atoms with Crippen LogP contribution < -0.4 is 5.32 Å². The minimum Gasteiger partial charge on any atom is -0.466 e. The van der Waals surface area contributed by atoms with E-state index in [1.165, 1.54) is 32.1 Å². The van der Waals surface area contributed by atoms with Gasteiger partial charge in [0, 0.05) is 5.54 Å². The van der Waals surface area contributed by atoms with Crippen LogP contribution in [0.2, 0.25) is 0 Å². The summed E-state index contributed by atoms with van der Waals surface area (Å²) in [6, 6.07) is 2.23. The van der Waals surface area contributed by atoms with Crippen LogP contribution in [0.25, 0.3) is 0 Å². The second-order valence-corrected chi connectivity index (χ2v) is 5.97. The molecule has 0 bridgehead atoms. The molecule has 1 atom stereocenters. The second-order valence-electron chi connectivity index (χ2n) is 5.12. The summed E-state index contributed by atoms with van der Waals surface area (Å²) < 4.78 is 6.57. The van der Waals surface area contributed by atoms with E-state index in [2.05, 4.69) is 35.1 Å². The summed E-state index contributed by atoms with van der Waals surface area (Å²) in [5.74, 6) is 1.01. The van der Waals surface area contributed by atoms with Gasteiger partial charge >= 0.3 is 0 Å². The lowest BCUT2D eigenvalue weighted by Crippen LogP contribution is -2.45. The van der Waals surface area contributed by atoms with Crippen molar-refractivity contribution in [1.82, 2.24) is 5.32 Å². The fourth-order valence-electron chi connectivity index (χ4n) is 2.68. The molecule has 0 radical (unpaired) electrons. The van der Waals surface area contributed by atoms with E-state index >= 15 is 0 Å². The number of hydrogen-bond acceptors (Lipinski definition) is 2. The Morgan fingerprint density at radius 3 is 2.62 bits per heavy atom. The van der Waals surface area contributed by atoms with Gasteiger partial charge in [-0.1, -0.05) is 19.3 Å². The smallest absolute Gasteiger partial charge is 0.134 e. The number of nitrogens with one attached hydrogen (secondary N) is 1. The molecule has 0 aromatic carbocycles. The van der Waals surface area contributed by atoms with Crippen molar-refractivity contribution in [3.05, 3.63) is 22.6 Å². The van der Waals surface area contributed by atoms with Gasteiger partial charge < -0.3 is 9.73 Å². The van der Waals surface area contributed by atoms with Crippen LogP contribution in [-0.4, -0.2) is 5.54 Å². The van der Waals surface area contributed by atoms with Crippen molar-refractivity contribution >= 4 is 15.9 Å². The largest absolute Gasteiger partial charge is 0.466 e. The summed E-state index contributed by atoms with van der Waals surface area (Å²) in [4.78, 5) is 0. The van der Waals surface area contributed by atoms with Crippen LogP contribution in [0.3, 0.4) is 0 Å². The molecule has 2 nitrogen and oxygen atoms in total. The first kappa shape index (κ1) is 12.2. The van der Waals surface area contributed by atoms with Gasteiger partial charge in [-0.2, -0.15) is 0 Å². The summed E-state index contributed by atoms with van der Waals surface area (Å²) in [6.45, 7) is 4.50. The minimum atomic E-state index is 0.271. The van der Waals surface area contributed by atoms with Crippen LogP contribution in [0.4, 0.5) is 0 Å². The SMILES string of the molecule is CC(NC1(C)CCCCC1)c1occc1Br. The van der Waals surface area contributed by atoms with E-state index in [-0.39, 0.29) is 11.6 Å². The molecule has 2 rings (SSSR count). The summed E-state index contributed by atoms with van der Waals surface area (Å²) in [6.07, 6.45) is 8.35. The second kappa shape index (κ2) is 4.92. The summed E-state index contributed by atoms with van der Waals surface area (Å²) in [5.41, 5.74) is 0.282. The Bertz CT molecular complexity index is 341. The minimum absolute atomic E-state index is 0.271. The molecule has 1 fully saturated rings. The molecule has 1 heterocycles. The highest BCUT2D eigenvalue weighted by Crippen LogP contribution is 2.32.